The Bertz CT molecular complexity index is 331. The molecule has 0 saturated heterocycles. The van der Waals surface area contributed by atoms with Crippen molar-refractivity contribution in [2.45, 2.75) is 18.4 Å². The molecule has 0 amide bonds. The first-order valence-corrected chi connectivity index (χ1v) is 4.09. The average Bonchev–Trinajstić information content (AvgIpc) is 2.02. The van der Waals surface area contributed by atoms with Crippen molar-refractivity contribution in [3.8, 4) is 0 Å². The van der Waals surface area contributed by atoms with Gasteiger partial charge in [0, 0.05) is 6.42 Å². The molecule has 0 bridgehead atoms. The Kier molecular flexibility index (Phi) is 2.72. The molecule has 5 nitrogen and oxygen atoms in total. The van der Waals surface area contributed by atoms with Crippen LogP contribution in [-0.2, 0) is 6.42 Å². The Hall–Kier alpha value is -1.30. The summed E-state index contributed by atoms with van der Waals surface area (Å²) in [5, 5.41) is 8.81. The Labute approximate surface area is 80.4 Å². The van der Waals surface area contributed by atoms with E-state index in [-0.39, 0.29) is 16.4 Å². The highest BCUT2D eigenvalue weighted by molar-refractivity contribution is 7.80. The Morgan fingerprint density at radius 2 is 2.23 bits per heavy atom. The fourth-order valence-corrected chi connectivity index (χ4v) is 1.20. The van der Waals surface area contributed by atoms with Gasteiger partial charge in [0.1, 0.15) is 22.2 Å². The Balaban J connectivity index is 3.31. The van der Waals surface area contributed by atoms with Crippen molar-refractivity contribution in [3.63, 3.8) is 0 Å². The van der Waals surface area contributed by atoms with Gasteiger partial charge in [0.15, 0.2) is 0 Å². The number of rotatable bonds is 2. The number of hydrogen-bond acceptors (Lipinski definition) is 5. The maximum atomic E-state index is 10.6. The molecule has 0 fully saturated rings. The van der Waals surface area contributed by atoms with Crippen LogP contribution in [0, 0.1) is 0 Å². The van der Waals surface area contributed by atoms with Gasteiger partial charge in [-0.05, 0) is 0 Å². The molecule has 0 unspecified atom stereocenters. The average molecular weight is 199 g/mol. The van der Waals surface area contributed by atoms with E-state index in [1.54, 1.807) is 0 Å². The maximum Gasteiger partial charge on any atom is 0.342 e. The lowest BCUT2D eigenvalue weighted by atomic mass is 10.3. The molecule has 6 heteroatoms. The van der Waals surface area contributed by atoms with E-state index in [4.69, 9.17) is 10.8 Å². The quantitative estimate of drug-likeness (QED) is 0.479. The van der Waals surface area contributed by atoms with Crippen molar-refractivity contribution in [2.24, 2.45) is 0 Å². The van der Waals surface area contributed by atoms with E-state index in [9.17, 15) is 4.79 Å². The smallest absolute Gasteiger partial charge is 0.342 e. The van der Waals surface area contributed by atoms with Gasteiger partial charge < -0.3 is 10.8 Å². The van der Waals surface area contributed by atoms with Crippen molar-refractivity contribution < 1.29 is 9.90 Å². The Morgan fingerprint density at radius 3 is 2.62 bits per heavy atom. The number of aromatic nitrogens is 2. The van der Waals surface area contributed by atoms with E-state index in [2.05, 4.69) is 22.6 Å². The van der Waals surface area contributed by atoms with E-state index in [0.29, 0.717) is 12.2 Å². The van der Waals surface area contributed by atoms with Gasteiger partial charge in [0.25, 0.3) is 0 Å². The second kappa shape index (κ2) is 3.61. The lowest BCUT2D eigenvalue weighted by Crippen LogP contribution is -2.10. The highest BCUT2D eigenvalue weighted by Crippen LogP contribution is 2.16. The van der Waals surface area contributed by atoms with Crippen LogP contribution in [0.3, 0.4) is 0 Å². The molecule has 3 N–H and O–H groups in total. The summed E-state index contributed by atoms with van der Waals surface area (Å²) in [6.07, 6.45) is 0.595. The summed E-state index contributed by atoms with van der Waals surface area (Å²) in [5.74, 6) is -0.706. The number of carbonyl (C=O) groups is 1. The summed E-state index contributed by atoms with van der Waals surface area (Å²) < 4.78 is 0. The second-order valence-corrected chi connectivity index (χ2v) is 2.81. The molecule has 0 aliphatic carbocycles. The third-order valence-corrected chi connectivity index (χ3v) is 1.82. The van der Waals surface area contributed by atoms with E-state index in [0.717, 1.165) is 0 Å². The zero-order valence-electron chi connectivity index (χ0n) is 6.98. The number of nitrogen functional groups attached to an aromatic ring is 1. The molecular weight excluding hydrogens is 190 g/mol. The fraction of sp³-hybridized carbons (Fsp3) is 0.286. The van der Waals surface area contributed by atoms with Crippen LogP contribution in [0.2, 0.25) is 0 Å². The predicted molar refractivity (Wildman–Crippen MR) is 50.0 cm³/mol. The molecule has 0 atom stereocenters. The van der Waals surface area contributed by atoms with Crippen molar-refractivity contribution in [1.82, 2.24) is 9.97 Å². The normalized spacial score (nSPS) is 10.0. The topological polar surface area (TPSA) is 89.1 Å². The van der Waals surface area contributed by atoms with Gasteiger partial charge in [-0.1, -0.05) is 6.92 Å². The molecule has 1 aromatic heterocycles. The summed E-state index contributed by atoms with van der Waals surface area (Å²) in [5.41, 5.74) is 5.28. The van der Waals surface area contributed by atoms with Crippen LogP contribution in [0.25, 0.3) is 0 Å². The van der Waals surface area contributed by atoms with E-state index in [1.807, 2.05) is 6.92 Å². The number of thiol groups is 1. The predicted octanol–water partition coefficient (Wildman–Crippen LogP) is 0.608. The first-order chi connectivity index (χ1) is 6.06. The molecular formula is C7H9N3O2S. The van der Waals surface area contributed by atoms with Crippen LogP contribution in [0.5, 0.6) is 0 Å². The zero-order valence-corrected chi connectivity index (χ0v) is 7.88. The summed E-state index contributed by atoms with van der Waals surface area (Å²) >= 11 is 3.92. The molecule has 0 aliphatic heterocycles. The molecule has 13 heavy (non-hydrogen) atoms. The van der Waals surface area contributed by atoms with E-state index >= 15 is 0 Å². The number of hydrogen-bond donors (Lipinski definition) is 3. The molecule has 0 aromatic carbocycles. The lowest BCUT2D eigenvalue weighted by molar-refractivity contribution is 0.0693. The number of nitrogens with zero attached hydrogens (tertiary/aromatic N) is 2. The van der Waals surface area contributed by atoms with Crippen LogP contribution in [0.15, 0.2) is 5.03 Å². The van der Waals surface area contributed by atoms with Crippen LogP contribution >= 0.6 is 12.6 Å². The Morgan fingerprint density at radius 1 is 1.62 bits per heavy atom. The molecule has 0 aliphatic rings. The molecule has 0 radical (unpaired) electrons. The third kappa shape index (κ3) is 1.89. The van der Waals surface area contributed by atoms with Gasteiger partial charge >= 0.3 is 5.97 Å². The lowest BCUT2D eigenvalue weighted by Gasteiger charge is -2.04. The number of nitrogens with two attached hydrogens (primary N) is 1. The van der Waals surface area contributed by atoms with Gasteiger partial charge in [0.2, 0.25) is 0 Å². The zero-order chi connectivity index (χ0) is 10.0. The molecule has 1 rings (SSSR count). The highest BCUT2D eigenvalue weighted by Gasteiger charge is 2.15. The summed E-state index contributed by atoms with van der Waals surface area (Å²) in [6.45, 7) is 1.85. The molecule has 70 valence electrons. The first kappa shape index (κ1) is 9.79. The van der Waals surface area contributed by atoms with Gasteiger partial charge in [-0.3, -0.25) is 0 Å². The minimum atomic E-state index is -1.16. The number of carboxylic acids is 1. The van der Waals surface area contributed by atoms with Crippen molar-refractivity contribution in [1.29, 1.82) is 0 Å². The number of aromatic carboxylic acids is 1. The summed E-state index contributed by atoms with van der Waals surface area (Å²) in [7, 11) is 0. The minimum absolute atomic E-state index is 0.0376. The van der Waals surface area contributed by atoms with Gasteiger partial charge in [0.05, 0.1) is 0 Å². The van der Waals surface area contributed by atoms with Crippen LogP contribution < -0.4 is 5.73 Å². The number of carboxylic acid groups (broad SMARTS) is 1. The molecule has 0 saturated carbocycles. The SMILES string of the molecule is CCc1nc(N)c(C(=O)O)c(S)n1. The van der Waals surface area contributed by atoms with Crippen LogP contribution in [0.1, 0.15) is 23.1 Å². The fourth-order valence-electron chi connectivity index (χ4n) is 0.876. The van der Waals surface area contributed by atoms with Gasteiger partial charge in [-0.2, -0.15) is 0 Å². The van der Waals surface area contributed by atoms with Crippen molar-refractivity contribution in [3.05, 3.63) is 11.4 Å². The third-order valence-electron chi connectivity index (χ3n) is 1.49. The largest absolute Gasteiger partial charge is 0.477 e. The number of aryl methyl sites for hydroxylation is 1. The minimum Gasteiger partial charge on any atom is -0.477 e. The van der Waals surface area contributed by atoms with Crippen molar-refractivity contribution in [2.75, 3.05) is 5.73 Å². The van der Waals surface area contributed by atoms with Gasteiger partial charge in [-0.15, -0.1) is 12.6 Å². The first-order valence-electron chi connectivity index (χ1n) is 3.65. The van der Waals surface area contributed by atoms with E-state index < -0.39 is 5.97 Å². The summed E-state index contributed by atoms with van der Waals surface area (Å²) in [6, 6.07) is 0. The highest BCUT2D eigenvalue weighted by atomic mass is 32.1. The molecule has 1 heterocycles. The second-order valence-electron chi connectivity index (χ2n) is 2.38. The van der Waals surface area contributed by atoms with E-state index in [1.165, 1.54) is 0 Å². The monoisotopic (exact) mass is 199 g/mol. The van der Waals surface area contributed by atoms with Gasteiger partial charge in [-0.25, -0.2) is 14.8 Å². The molecule has 0 spiro atoms. The molecule has 1 aromatic rings. The van der Waals surface area contributed by atoms with Crippen LogP contribution in [-0.4, -0.2) is 21.0 Å². The van der Waals surface area contributed by atoms with Crippen molar-refractivity contribution >= 4 is 24.4 Å². The summed E-state index contributed by atoms with van der Waals surface area (Å²) in [4.78, 5) is 18.3. The maximum absolute atomic E-state index is 10.6. The standard InChI is InChI=1S/C7H9N3O2S/c1-2-3-9-5(8)4(7(11)12)6(13)10-3/h2H2,1H3,(H,11,12)(H3,8,9,10,13). The van der Waals surface area contributed by atoms with Crippen LogP contribution in [0.4, 0.5) is 5.82 Å². The number of anilines is 1.